The molecule has 1 unspecified atom stereocenters. The van der Waals surface area contributed by atoms with E-state index in [1.807, 2.05) is 0 Å². The fourth-order valence-electron chi connectivity index (χ4n) is 1.63. The van der Waals surface area contributed by atoms with Crippen LogP contribution in [0, 0.1) is 15.9 Å². The van der Waals surface area contributed by atoms with E-state index in [1.165, 1.54) is 6.92 Å². The van der Waals surface area contributed by atoms with E-state index in [0.29, 0.717) is 6.54 Å². The molecule has 0 aliphatic carbocycles. The van der Waals surface area contributed by atoms with Gasteiger partial charge in [0.15, 0.2) is 0 Å². The number of nitrogen functional groups attached to an aromatic ring is 1. The molecule has 0 aromatic heterocycles. The third-order valence-corrected chi connectivity index (χ3v) is 2.69. The van der Waals surface area contributed by atoms with Gasteiger partial charge in [0.25, 0.3) is 11.6 Å². The van der Waals surface area contributed by atoms with E-state index in [1.54, 1.807) is 6.92 Å². The molecular weight excluding hydrogens is 283 g/mol. The lowest BCUT2D eigenvalue weighted by Crippen LogP contribution is -2.45. The summed E-state index contributed by atoms with van der Waals surface area (Å²) in [6, 6.07) is 0.713. The molecule has 0 aliphatic heterocycles. The highest BCUT2D eigenvalue weighted by Crippen LogP contribution is 2.27. The Balaban J connectivity index is 3.05. The van der Waals surface area contributed by atoms with Crippen molar-refractivity contribution in [1.82, 2.24) is 10.6 Å². The predicted octanol–water partition coefficient (Wildman–Crippen LogP) is 0.570. The van der Waals surface area contributed by atoms with Gasteiger partial charge in [0.1, 0.15) is 23.1 Å². The zero-order chi connectivity index (χ0) is 16.2. The van der Waals surface area contributed by atoms with Crippen LogP contribution in [0.5, 0.6) is 0 Å². The van der Waals surface area contributed by atoms with Gasteiger partial charge in [-0.15, -0.1) is 0 Å². The van der Waals surface area contributed by atoms with Crippen molar-refractivity contribution >= 4 is 23.2 Å². The van der Waals surface area contributed by atoms with E-state index < -0.39 is 45.5 Å². The Morgan fingerprint density at radius 3 is 2.62 bits per heavy atom. The molecule has 0 spiro atoms. The lowest BCUT2D eigenvalue weighted by molar-refractivity contribution is -0.384. The van der Waals surface area contributed by atoms with Gasteiger partial charge in [-0.25, -0.2) is 4.39 Å². The first-order valence-corrected chi connectivity index (χ1v) is 6.10. The first-order chi connectivity index (χ1) is 9.79. The molecule has 0 saturated carbocycles. The highest BCUT2D eigenvalue weighted by molar-refractivity contribution is 6.03. The molecule has 1 rings (SSSR count). The number of nitrogens with one attached hydrogen (secondary N) is 2. The number of hydrogen-bond acceptors (Lipinski definition) is 5. The van der Waals surface area contributed by atoms with E-state index in [0.717, 1.165) is 12.1 Å². The Labute approximate surface area is 119 Å². The number of rotatable bonds is 5. The fourth-order valence-corrected chi connectivity index (χ4v) is 1.63. The van der Waals surface area contributed by atoms with Crippen molar-refractivity contribution in [2.24, 2.45) is 0 Å². The van der Waals surface area contributed by atoms with Gasteiger partial charge in [0.05, 0.1) is 4.92 Å². The van der Waals surface area contributed by atoms with Crippen molar-refractivity contribution in [3.63, 3.8) is 0 Å². The second kappa shape index (κ2) is 6.64. The highest BCUT2D eigenvalue weighted by atomic mass is 19.1. The van der Waals surface area contributed by atoms with Gasteiger partial charge in [-0.3, -0.25) is 19.7 Å². The normalized spacial score (nSPS) is 11.6. The van der Waals surface area contributed by atoms with Crippen LogP contribution in [0.2, 0.25) is 0 Å². The smallest absolute Gasteiger partial charge is 0.293 e. The maximum absolute atomic E-state index is 13.7. The quantitative estimate of drug-likeness (QED) is 0.416. The Bertz CT molecular complexity index is 591. The number of hydrogen-bond donors (Lipinski definition) is 3. The molecule has 4 N–H and O–H groups in total. The van der Waals surface area contributed by atoms with Crippen molar-refractivity contribution in [1.29, 1.82) is 0 Å². The van der Waals surface area contributed by atoms with Gasteiger partial charge >= 0.3 is 0 Å². The van der Waals surface area contributed by atoms with Crippen molar-refractivity contribution in [2.75, 3.05) is 12.3 Å². The van der Waals surface area contributed by atoms with Crippen LogP contribution in [0.15, 0.2) is 12.1 Å². The Morgan fingerprint density at radius 1 is 1.48 bits per heavy atom. The number of nitrogens with zero attached hydrogens (tertiary/aromatic N) is 1. The first kappa shape index (κ1) is 16.3. The summed E-state index contributed by atoms with van der Waals surface area (Å²) in [5.74, 6) is -2.46. The molecule has 2 amide bonds. The maximum Gasteiger partial charge on any atom is 0.293 e. The Kier molecular flexibility index (Phi) is 5.17. The van der Waals surface area contributed by atoms with Gasteiger partial charge in [0, 0.05) is 12.6 Å². The summed E-state index contributed by atoms with van der Waals surface area (Å²) in [5, 5.41) is 15.4. The van der Waals surface area contributed by atoms with E-state index in [9.17, 15) is 24.1 Å². The lowest BCUT2D eigenvalue weighted by atomic mass is 10.1. The van der Waals surface area contributed by atoms with Crippen molar-refractivity contribution < 1.29 is 18.9 Å². The summed E-state index contributed by atoms with van der Waals surface area (Å²) in [6.07, 6.45) is 0. The minimum Gasteiger partial charge on any atom is -0.392 e. The number of nitro benzene ring substituents is 1. The summed E-state index contributed by atoms with van der Waals surface area (Å²) < 4.78 is 13.7. The summed E-state index contributed by atoms with van der Waals surface area (Å²) in [6.45, 7) is 3.46. The van der Waals surface area contributed by atoms with Crippen LogP contribution in [0.1, 0.15) is 24.2 Å². The summed E-state index contributed by atoms with van der Waals surface area (Å²) in [5.41, 5.74) is 3.64. The highest BCUT2D eigenvalue weighted by Gasteiger charge is 2.25. The van der Waals surface area contributed by atoms with E-state index in [-0.39, 0.29) is 0 Å². The molecule has 0 aliphatic rings. The molecular formula is C12H15FN4O4. The SMILES string of the molecule is CCNC(=O)C(C)NC(=O)c1c(F)ccc([N+](=O)[O-])c1N. The molecule has 8 nitrogen and oxygen atoms in total. The molecule has 1 aromatic carbocycles. The summed E-state index contributed by atoms with van der Waals surface area (Å²) in [4.78, 5) is 33.4. The lowest BCUT2D eigenvalue weighted by Gasteiger charge is -2.14. The number of carbonyl (C=O) groups excluding carboxylic acids is 2. The number of likely N-dealkylation sites (N-methyl/N-ethyl adjacent to an activating group) is 1. The number of anilines is 1. The van der Waals surface area contributed by atoms with E-state index in [2.05, 4.69) is 10.6 Å². The minimum absolute atomic E-state index is 0.367. The van der Waals surface area contributed by atoms with Gasteiger partial charge in [0.2, 0.25) is 5.91 Å². The number of carbonyl (C=O) groups is 2. The average Bonchev–Trinajstić information content (AvgIpc) is 2.38. The van der Waals surface area contributed by atoms with Crippen LogP contribution < -0.4 is 16.4 Å². The molecule has 0 bridgehead atoms. The molecule has 114 valence electrons. The number of amides is 2. The molecule has 9 heteroatoms. The number of nitro groups is 1. The maximum atomic E-state index is 13.7. The standard InChI is InChI=1S/C12H15FN4O4/c1-3-15-11(18)6(2)16-12(19)9-7(13)4-5-8(10(9)14)17(20)21/h4-6H,3,14H2,1-2H3,(H,15,18)(H,16,19). The molecule has 21 heavy (non-hydrogen) atoms. The first-order valence-electron chi connectivity index (χ1n) is 6.10. The van der Waals surface area contributed by atoms with Crippen LogP contribution in [0.4, 0.5) is 15.8 Å². The second-order valence-electron chi connectivity index (χ2n) is 4.20. The summed E-state index contributed by atoms with van der Waals surface area (Å²) >= 11 is 0. The molecule has 1 aromatic rings. The molecule has 0 saturated heterocycles. The topological polar surface area (TPSA) is 127 Å². The van der Waals surface area contributed by atoms with E-state index >= 15 is 0 Å². The Morgan fingerprint density at radius 2 is 2.10 bits per heavy atom. The van der Waals surface area contributed by atoms with Crippen molar-refractivity contribution in [2.45, 2.75) is 19.9 Å². The molecule has 1 atom stereocenters. The third-order valence-electron chi connectivity index (χ3n) is 2.69. The Hall–Kier alpha value is -2.71. The van der Waals surface area contributed by atoms with Gasteiger partial charge in [-0.1, -0.05) is 0 Å². The molecule has 0 fully saturated rings. The van der Waals surface area contributed by atoms with Crippen LogP contribution in [0.25, 0.3) is 0 Å². The van der Waals surface area contributed by atoms with Crippen LogP contribution >= 0.6 is 0 Å². The van der Waals surface area contributed by atoms with Crippen LogP contribution in [-0.2, 0) is 4.79 Å². The zero-order valence-corrected chi connectivity index (χ0v) is 11.5. The third kappa shape index (κ3) is 3.65. The fraction of sp³-hybridized carbons (Fsp3) is 0.333. The van der Waals surface area contributed by atoms with Crippen molar-refractivity contribution in [3.8, 4) is 0 Å². The molecule has 0 heterocycles. The monoisotopic (exact) mass is 298 g/mol. The number of benzene rings is 1. The van der Waals surface area contributed by atoms with Crippen molar-refractivity contribution in [3.05, 3.63) is 33.6 Å². The minimum atomic E-state index is -1.00. The predicted molar refractivity (Wildman–Crippen MR) is 73.1 cm³/mol. The van der Waals surface area contributed by atoms with Gasteiger partial charge in [-0.05, 0) is 19.9 Å². The number of halogens is 1. The van der Waals surface area contributed by atoms with Crippen LogP contribution in [-0.4, -0.2) is 29.3 Å². The van der Waals surface area contributed by atoms with E-state index in [4.69, 9.17) is 5.73 Å². The zero-order valence-electron chi connectivity index (χ0n) is 11.5. The largest absolute Gasteiger partial charge is 0.392 e. The number of nitrogens with two attached hydrogens (primary N) is 1. The average molecular weight is 298 g/mol. The van der Waals surface area contributed by atoms with Gasteiger partial charge in [-0.2, -0.15) is 0 Å². The summed E-state index contributed by atoms with van der Waals surface area (Å²) in [7, 11) is 0. The van der Waals surface area contributed by atoms with Gasteiger partial charge < -0.3 is 16.4 Å². The second-order valence-corrected chi connectivity index (χ2v) is 4.20. The van der Waals surface area contributed by atoms with Crippen LogP contribution in [0.3, 0.4) is 0 Å². The molecule has 0 radical (unpaired) electrons.